The molecule has 2 aromatic rings. The number of ether oxygens (including phenoxy) is 1. The fourth-order valence-corrected chi connectivity index (χ4v) is 2.98. The Morgan fingerprint density at radius 1 is 1.00 bits per heavy atom. The monoisotopic (exact) mass is 355 g/mol. The molecule has 5 nitrogen and oxygen atoms in total. The minimum Gasteiger partial charge on any atom is -0.497 e. The molecular weight excluding hydrogens is 330 g/mol. The van der Waals surface area contributed by atoms with Gasteiger partial charge in [-0.3, -0.25) is 4.79 Å². The molecule has 0 heterocycles. The molecule has 0 saturated heterocycles. The summed E-state index contributed by atoms with van der Waals surface area (Å²) in [5.41, 5.74) is 1.67. The van der Waals surface area contributed by atoms with E-state index in [9.17, 15) is 14.7 Å². The van der Waals surface area contributed by atoms with E-state index >= 15 is 0 Å². The SMILES string of the molecule is CCCN(CCC)C(=O)c1c(C(=O)O)cccc1-c1ccc(OC)cc1. The zero-order valence-electron chi connectivity index (χ0n) is 15.5. The van der Waals surface area contributed by atoms with Crippen LogP contribution in [0, 0.1) is 0 Å². The standard InChI is InChI=1S/C21H25NO4/c1-4-13-22(14-5-2)20(23)19-17(7-6-8-18(19)21(24)25)15-9-11-16(26-3)12-10-15/h6-12H,4-5,13-14H2,1-3H3,(H,24,25). The summed E-state index contributed by atoms with van der Waals surface area (Å²) in [6, 6.07) is 12.2. The quantitative estimate of drug-likeness (QED) is 0.766. The molecule has 0 unspecified atom stereocenters. The summed E-state index contributed by atoms with van der Waals surface area (Å²) >= 11 is 0. The van der Waals surface area contributed by atoms with Crippen LogP contribution in [0.2, 0.25) is 0 Å². The number of amides is 1. The van der Waals surface area contributed by atoms with Gasteiger partial charge in [-0.25, -0.2) is 4.79 Å². The molecule has 5 heteroatoms. The van der Waals surface area contributed by atoms with Crippen LogP contribution < -0.4 is 4.74 Å². The molecule has 0 radical (unpaired) electrons. The van der Waals surface area contributed by atoms with E-state index in [2.05, 4.69) is 0 Å². The Balaban J connectivity index is 2.60. The maximum absolute atomic E-state index is 13.2. The molecule has 2 aromatic carbocycles. The third-order valence-electron chi connectivity index (χ3n) is 4.18. The van der Waals surface area contributed by atoms with Gasteiger partial charge >= 0.3 is 5.97 Å². The van der Waals surface area contributed by atoms with E-state index in [1.165, 1.54) is 6.07 Å². The third kappa shape index (κ3) is 4.23. The zero-order valence-corrected chi connectivity index (χ0v) is 15.5. The highest BCUT2D eigenvalue weighted by Gasteiger charge is 2.25. The average molecular weight is 355 g/mol. The Hall–Kier alpha value is -2.82. The number of benzene rings is 2. The van der Waals surface area contributed by atoms with Crippen molar-refractivity contribution in [1.82, 2.24) is 4.90 Å². The van der Waals surface area contributed by atoms with Gasteiger partial charge in [0.1, 0.15) is 5.75 Å². The number of carbonyl (C=O) groups is 2. The van der Waals surface area contributed by atoms with Crippen LogP contribution in [-0.2, 0) is 0 Å². The molecule has 0 aromatic heterocycles. The molecule has 1 amide bonds. The predicted octanol–water partition coefficient (Wildman–Crippen LogP) is 4.32. The van der Waals surface area contributed by atoms with Crippen molar-refractivity contribution in [3.63, 3.8) is 0 Å². The maximum Gasteiger partial charge on any atom is 0.336 e. The lowest BCUT2D eigenvalue weighted by molar-refractivity contribution is 0.0675. The summed E-state index contributed by atoms with van der Waals surface area (Å²) in [6.07, 6.45) is 1.64. The molecule has 0 aliphatic rings. The summed E-state index contributed by atoms with van der Waals surface area (Å²) in [5, 5.41) is 9.62. The highest BCUT2D eigenvalue weighted by atomic mass is 16.5. The van der Waals surface area contributed by atoms with E-state index in [0.717, 1.165) is 18.4 Å². The number of rotatable bonds is 8. The minimum atomic E-state index is -1.10. The van der Waals surface area contributed by atoms with Crippen molar-refractivity contribution in [2.75, 3.05) is 20.2 Å². The summed E-state index contributed by atoms with van der Waals surface area (Å²) in [4.78, 5) is 26.7. The number of carboxylic acids is 1. The lowest BCUT2D eigenvalue weighted by Gasteiger charge is -2.24. The van der Waals surface area contributed by atoms with Crippen molar-refractivity contribution < 1.29 is 19.4 Å². The van der Waals surface area contributed by atoms with Crippen LogP contribution in [0.4, 0.5) is 0 Å². The largest absolute Gasteiger partial charge is 0.497 e. The molecule has 2 rings (SSSR count). The highest BCUT2D eigenvalue weighted by molar-refractivity contribution is 6.09. The van der Waals surface area contributed by atoms with Gasteiger partial charge in [0.25, 0.3) is 5.91 Å². The van der Waals surface area contributed by atoms with Crippen LogP contribution in [-0.4, -0.2) is 42.1 Å². The summed E-state index contributed by atoms with van der Waals surface area (Å²) in [5.74, 6) is -0.635. The van der Waals surface area contributed by atoms with Crippen LogP contribution in [0.15, 0.2) is 42.5 Å². The number of nitrogens with zero attached hydrogens (tertiary/aromatic N) is 1. The van der Waals surface area contributed by atoms with Gasteiger partial charge in [-0.2, -0.15) is 0 Å². The summed E-state index contributed by atoms with van der Waals surface area (Å²) in [6.45, 7) is 5.21. The number of carbonyl (C=O) groups excluding carboxylic acids is 1. The number of hydrogen-bond donors (Lipinski definition) is 1. The highest BCUT2D eigenvalue weighted by Crippen LogP contribution is 2.29. The zero-order chi connectivity index (χ0) is 19.1. The van der Waals surface area contributed by atoms with Crippen LogP contribution in [0.3, 0.4) is 0 Å². The van der Waals surface area contributed by atoms with Gasteiger partial charge in [0.2, 0.25) is 0 Å². The lowest BCUT2D eigenvalue weighted by atomic mass is 9.94. The first kappa shape index (κ1) is 19.5. The smallest absolute Gasteiger partial charge is 0.336 e. The van der Waals surface area contributed by atoms with Gasteiger partial charge in [0.15, 0.2) is 0 Å². The predicted molar refractivity (Wildman–Crippen MR) is 102 cm³/mol. The fraction of sp³-hybridized carbons (Fsp3) is 0.333. The average Bonchev–Trinajstić information content (AvgIpc) is 2.66. The van der Waals surface area contributed by atoms with E-state index in [0.29, 0.717) is 24.4 Å². The molecule has 0 spiro atoms. The van der Waals surface area contributed by atoms with Crippen molar-refractivity contribution in [3.05, 3.63) is 53.6 Å². The third-order valence-corrected chi connectivity index (χ3v) is 4.18. The first-order valence-corrected chi connectivity index (χ1v) is 8.83. The Morgan fingerprint density at radius 2 is 1.62 bits per heavy atom. The van der Waals surface area contributed by atoms with E-state index in [-0.39, 0.29) is 17.0 Å². The van der Waals surface area contributed by atoms with Crippen molar-refractivity contribution in [2.45, 2.75) is 26.7 Å². The summed E-state index contributed by atoms with van der Waals surface area (Å²) in [7, 11) is 1.59. The van der Waals surface area contributed by atoms with E-state index in [1.54, 1.807) is 36.3 Å². The second-order valence-electron chi connectivity index (χ2n) is 6.05. The topological polar surface area (TPSA) is 66.8 Å². The Labute approximate surface area is 154 Å². The van der Waals surface area contributed by atoms with E-state index < -0.39 is 5.97 Å². The second kappa shape index (κ2) is 9.04. The molecule has 0 bridgehead atoms. The molecule has 0 fully saturated rings. The number of methoxy groups -OCH3 is 1. The Morgan fingerprint density at radius 3 is 2.12 bits per heavy atom. The fourth-order valence-electron chi connectivity index (χ4n) is 2.98. The minimum absolute atomic E-state index is 0.0283. The number of carboxylic acid groups (broad SMARTS) is 1. The van der Waals surface area contributed by atoms with Crippen LogP contribution >= 0.6 is 0 Å². The van der Waals surface area contributed by atoms with Gasteiger partial charge < -0.3 is 14.7 Å². The van der Waals surface area contributed by atoms with Crippen LogP contribution in [0.1, 0.15) is 47.4 Å². The normalized spacial score (nSPS) is 10.4. The molecule has 0 atom stereocenters. The first-order chi connectivity index (χ1) is 12.5. The van der Waals surface area contributed by atoms with Gasteiger partial charge in [0.05, 0.1) is 18.2 Å². The number of aromatic carboxylic acids is 1. The van der Waals surface area contributed by atoms with Gasteiger partial charge in [-0.1, -0.05) is 38.1 Å². The van der Waals surface area contributed by atoms with Crippen LogP contribution in [0.25, 0.3) is 11.1 Å². The van der Waals surface area contributed by atoms with Gasteiger partial charge in [0, 0.05) is 13.1 Å². The van der Waals surface area contributed by atoms with Crippen molar-refractivity contribution >= 4 is 11.9 Å². The van der Waals surface area contributed by atoms with Crippen molar-refractivity contribution in [3.8, 4) is 16.9 Å². The molecule has 138 valence electrons. The van der Waals surface area contributed by atoms with E-state index in [1.807, 2.05) is 26.0 Å². The van der Waals surface area contributed by atoms with Gasteiger partial charge in [-0.05, 0) is 42.2 Å². The maximum atomic E-state index is 13.2. The molecule has 26 heavy (non-hydrogen) atoms. The van der Waals surface area contributed by atoms with E-state index in [4.69, 9.17) is 4.74 Å². The Kier molecular flexibility index (Phi) is 6.78. The second-order valence-corrected chi connectivity index (χ2v) is 6.05. The van der Waals surface area contributed by atoms with Crippen molar-refractivity contribution in [2.24, 2.45) is 0 Å². The lowest BCUT2D eigenvalue weighted by Crippen LogP contribution is -2.34. The molecule has 0 aliphatic heterocycles. The molecule has 0 saturated carbocycles. The molecular formula is C21H25NO4. The number of hydrogen-bond acceptors (Lipinski definition) is 3. The first-order valence-electron chi connectivity index (χ1n) is 8.83. The Bertz CT molecular complexity index is 762. The van der Waals surface area contributed by atoms with Crippen LogP contribution in [0.5, 0.6) is 5.75 Å². The molecule has 1 N–H and O–H groups in total. The van der Waals surface area contributed by atoms with Gasteiger partial charge in [-0.15, -0.1) is 0 Å². The molecule has 0 aliphatic carbocycles. The van der Waals surface area contributed by atoms with Crippen molar-refractivity contribution in [1.29, 1.82) is 0 Å². The summed E-state index contributed by atoms with van der Waals surface area (Å²) < 4.78 is 5.18.